The van der Waals surface area contributed by atoms with Crippen molar-refractivity contribution in [1.29, 1.82) is 0 Å². The van der Waals surface area contributed by atoms with Crippen molar-refractivity contribution in [3.8, 4) is 0 Å². The number of sulfone groups is 1. The second-order valence-electron chi connectivity index (χ2n) is 8.50. The van der Waals surface area contributed by atoms with Crippen LogP contribution in [0.25, 0.3) is 0 Å². The maximum absolute atomic E-state index is 12.4. The Kier molecular flexibility index (Phi) is 5.36. The largest absolute Gasteiger partial charge is 0.494 e. The van der Waals surface area contributed by atoms with Crippen LogP contribution in [0.5, 0.6) is 0 Å². The van der Waals surface area contributed by atoms with Gasteiger partial charge in [-0.15, -0.1) is 0 Å². The van der Waals surface area contributed by atoms with Crippen LogP contribution in [-0.4, -0.2) is 44.1 Å². The summed E-state index contributed by atoms with van der Waals surface area (Å²) in [7, 11) is -4.34. The molecule has 1 saturated heterocycles. The third-order valence-corrected chi connectivity index (χ3v) is 6.10. The number of carbonyl (C=O) groups is 1. The first-order valence-corrected chi connectivity index (χ1v) is 10.2. The van der Waals surface area contributed by atoms with Crippen LogP contribution in [0, 0.1) is 0 Å². The molecule has 0 radical (unpaired) electrons. The van der Waals surface area contributed by atoms with E-state index in [0.29, 0.717) is 0 Å². The van der Waals surface area contributed by atoms with Crippen LogP contribution in [-0.2, 0) is 28.7 Å². The fourth-order valence-corrected chi connectivity index (χ4v) is 3.51. The van der Waals surface area contributed by atoms with Crippen LogP contribution in [0.4, 0.5) is 0 Å². The smallest absolute Gasteiger partial charge is 0.459 e. The quantitative estimate of drug-likeness (QED) is 0.586. The molecule has 1 fully saturated rings. The second-order valence-corrected chi connectivity index (χ2v) is 10.5. The van der Waals surface area contributed by atoms with Crippen LogP contribution in [0.15, 0.2) is 29.2 Å². The van der Waals surface area contributed by atoms with Crippen LogP contribution < -0.4 is 5.46 Å². The second kappa shape index (κ2) is 6.66. The van der Waals surface area contributed by atoms with Gasteiger partial charge in [-0.05, 0) is 66.1 Å². The molecular weight excluding hydrogens is 355 g/mol. The van der Waals surface area contributed by atoms with Gasteiger partial charge in [0.1, 0.15) is 5.60 Å². The van der Waals surface area contributed by atoms with Crippen LogP contribution in [0.1, 0.15) is 48.5 Å². The minimum atomic E-state index is -3.77. The first kappa shape index (κ1) is 20.9. The average Bonchev–Trinajstić information content (AvgIpc) is 2.65. The van der Waals surface area contributed by atoms with Crippen molar-refractivity contribution in [3.05, 3.63) is 24.3 Å². The Balaban J connectivity index is 2.13. The van der Waals surface area contributed by atoms with Crippen LogP contribution >= 0.6 is 0 Å². The molecule has 1 heterocycles. The zero-order valence-corrected chi connectivity index (χ0v) is 17.3. The average molecular weight is 382 g/mol. The zero-order valence-electron chi connectivity index (χ0n) is 16.5. The van der Waals surface area contributed by atoms with Crippen molar-refractivity contribution in [2.45, 2.75) is 70.2 Å². The lowest BCUT2D eigenvalue weighted by Crippen LogP contribution is -2.41. The minimum Gasteiger partial charge on any atom is -0.459 e. The Morgan fingerprint density at radius 3 is 1.92 bits per heavy atom. The molecule has 0 spiro atoms. The lowest BCUT2D eigenvalue weighted by Gasteiger charge is -2.32. The molecule has 1 aliphatic heterocycles. The van der Waals surface area contributed by atoms with E-state index in [1.807, 2.05) is 27.7 Å². The molecule has 144 valence electrons. The number of esters is 1. The van der Waals surface area contributed by atoms with E-state index in [0.717, 1.165) is 5.46 Å². The molecule has 0 bridgehead atoms. The van der Waals surface area contributed by atoms with E-state index in [1.54, 1.807) is 32.9 Å². The molecule has 1 aliphatic rings. The van der Waals surface area contributed by atoms with E-state index in [4.69, 9.17) is 14.0 Å². The standard InChI is InChI=1S/C18H27BO6S/c1-16(2,3)23-15(20)12-26(21,22)14-10-8-13(9-11-14)19-24-17(4,5)18(6,7)25-19/h8-11H,12H2,1-7H3. The Bertz CT molecular complexity index is 759. The molecule has 0 N–H and O–H groups in total. The molecule has 0 aliphatic carbocycles. The van der Waals surface area contributed by atoms with Gasteiger partial charge in [-0.25, -0.2) is 8.42 Å². The van der Waals surface area contributed by atoms with Gasteiger partial charge >= 0.3 is 13.1 Å². The highest BCUT2D eigenvalue weighted by Crippen LogP contribution is 2.36. The summed E-state index contributed by atoms with van der Waals surface area (Å²) in [6.07, 6.45) is 0. The van der Waals surface area contributed by atoms with Gasteiger partial charge in [0.05, 0.1) is 16.1 Å². The highest BCUT2D eigenvalue weighted by atomic mass is 32.2. The van der Waals surface area contributed by atoms with Crippen molar-refractivity contribution in [2.75, 3.05) is 5.75 Å². The van der Waals surface area contributed by atoms with E-state index in [-0.39, 0.29) is 4.90 Å². The summed E-state index contributed by atoms with van der Waals surface area (Å²) in [5.41, 5.74) is -0.953. The van der Waals surface area contributed by atoms with Crippen LogP contribution in [0.2, 0.25) is 0 Å². The summed E-state index contributed by atoms with van der Waals surface area (Å²) in [4.78, 5) is 11.9. The van der Waals surface area contributed by atoms with Gasteiger partial charge in [0.25, 0.3) is 0 Å². The molecule has 0 aromatic heterocycles. The number of rotatable bonds is 4. The molecule has 0 amide bonds. The first-order chi connectivity index (χ1) is 11.6. The number of hydrogen-bond donors (Lipinski definition) is 0. The molecule has 0 saturated carbocycles. The predicted molar refractivity (Wildman–Crippen MR) is 100 cm³/mol. The fourth-order valence-electron chi connectivity index (χ4n) is 2.42. The molecular formula is C18H27BO6S. The third kappa shape index (κ3) is 4.66. The van der Waals surface area contributed by atoms with E-state index in [9.17, 15) is 13.2 Å². The summed E-state index contributed by atoms with van der Waals surface area (Å²) < 4.78 is 41.8. The molecule has 6 nitrogen and oxygen atoms in total. The summed E-state index contributed by atoms with van der Waals surface area (Å²) in [6, 6.07) is 6.20. The van der Waals surface area contributed by atoms with Gasteiger partial charge in [0.15, 0.2) is 15.6 Å². The maximum atomic E-state index is 12.4. The molecule has 2 rings (SSSR count). The van der Waals surface area contributed by atoms with Crippen molar-refractivity contribution < 1.29 is 27.3 Å². The molecule has 26 heavy (non-hydrogen) atoms. The normalized spacial score (nSPS) is 19.4. The molecule has 1 aromatic rings. The summed E-state index contributed by atoms with van der Waals surface area (Å²) >= 11 is 0. The number of carbonyl (C=O) groups excluding carboxylic acids is 1. The van der Waals surface area contributed by atoms with E-state index in [1.165, 1.54) is 12.1 Å². The van der Waals surface area contributed by atoms with Crippen LogP contribution in [0.3, 0.4) is 0 Å². The van der Waals surface area contributed by atoms with Gasteiger partial charge in [0.2, 0.25) is 0 Å². The summed E-state index contributed by atoms with van der Waals surface area (Å²) in [5.74, 6) is -1.47. The molecule has 1 aromatic carbocycles. The van der Waals surface area contributed by atoms with E-state index >= 15 is 0 Å². The predicted octanol–water partition coefficient (Wildman–Crippen LogP) is 2.10. The van der Waals surface area contributed by atoms with E-state index in [2.05, 4.69) is 0 Å². The van der Waals surface area contributed by atoms with Gasteiger partial charge in [-0.3, -0.25) is 4.79 Å². The number of benzene rings is 1. The van der Waals surface area contributed by atoms with Gasteiger partial charge in [-0.1, -0.05) is 12.1 Å². The third-order valence-electron chi connectivity index (χ3n) is 4.49. The SMILES string of the molecule is CC(C)(C)OC(=O)CS(=O)(=O)c1ccc(B2OC(C)(C)C(C)(C)O2)cc1. The van der Waals surface area contributed by atoms with Gasteiger partial charge < -0.3 is 14.0 Å². The highest BCUT2D eigenvalue weighted by Gasteiger charge is 2.51. The monoisotopic (exact) mass is 382 g/mol. The topological polar surface area (TPSA) is 78.9 Å². The molecule has 0 unspecified atom stereocenters. The Labute approximate surface area is 156 Å². The van der Waals surface area contributed by atoms with E-state index < -0.39 is 45.5 Å². The Morgan fingerprint density at radius 1 is 1.04 bits per heavy atom. The van der Waals surface area contributed by atoms with Crippen molar-refractivity contribution >= 4 is 28.4 Å². The fraction of sp³-hybridized carbons (Fsp3) is 0.611. The number of ether oxygens (including phenoxy) is 1. The lowest BCUT2D eigenvalue weighted by atomic mass is 9.79. The minimum absolute atomic E-state index is 0.0589. The highest BCUT2D eigenvalue weighted by molar-refractivity contribution is 7.92. The Morgan fingerprint density at radius 2 is 1.50 bits per heavy atom. The Hall–Kier alpha value is -1.38. The number of hydrogen-bond acceptors (Lipinski definition) is 6. The molecule has 0 atom stereocenters. The first-order valence-electron chi connectivity index (χ1n) is 8.53. The van der Waals surface area contributed by atoms with Crippen molar-refractivity contribution in [1.82, 2.24) is 0 Å². The zero-order chi connectivity index (χ0) is 20.0. The maximum Gasteiger partial charge on any atom is 0.494 e. The van der Waals surface area contributed by atoms with Gasteiger partial charge in [-0.2, -0.15) is 0 Å². The summed E-state index contributed by atoms with van der Waals surface area (Å²) in [5, 5.41) is 0. The van der Waals surface area contributed by atoms with Crippen molar-refractivity contribution in [2.24, 2.45) is 0 Å². The summed E-state index contributed by atoms with van der Waals surface area (Å²) in [6.45, 7) is 12.9. The molecule has 8 heteroatoms. The lowest BCUT2D eigenvalue weighted by molar-refractivity contribution is -0.151. The van der Waals surface area contributed by atoms with Gasteiger partial charge in [0, 0.05) is 0 Å². The van der Waals surface area contributed by atoms with Crippen molar-refractivity contribution in [3.63, 3.8) is 0 Å².